The lowest BCUT2D eigenvalue weighted by molar-refractivity contribution is -0.104. The Labute approximate surface area is 75.4 Å². The first kappa shape index (κ1) is 9.19. The van der Waals surface area contributed by atoms with Crippen LogP contribution in [0.15, 0.2) is 28.7 Å². The van der Waals surface area contributed by atoms with Gasteiger partial charge in [0, 0.05) is 0 Å². The molecule has 0 saturated heterocycles. The molecule has 1 aromatic rings. The van der Waals surface area contributed by atoms with E-state index in [0.29, 0.717) is 24.1 Å². The van der Waals surface area contributed by atoms with Gasteiger partial charge < -0.3 is 4.42 Å². The van der Waals surface area contributed by atoms with Crippen LogP contribution in [-0.2, 0) is 9.59 Å². The maximum atomic E-state index is 9.97. The van der Waals surface area contributed by atoms with Crippen LogP contribution in [0.5, 0.6) is 0 Å². The molecule has 66 valence electrons. The van der Waals surface area contributed by atoms with E-state index < -0.39 is 0 Å². The molecule has 0 atom stereocenters. The summed E-state index contributed by atoms with van der Waals surface area (Å²) in [5, 5.41) is 0. The highest BCUT2D eigenvalue weighted by Gasteiger charge is 1.93. The highest BCUT2D eigenvalue weighted by molar-refractivity contribution is 5.74. The van der Waals surface area contributed by atoms with Gasteiger partial charge in [-0.1, -0.05) is 0 Å². The number of aldehydes is 2. The molecule has 0 bridgehead atoms. The molecule has 0 unspecified atom stereocenters. The van der Waals surface area contributed by atoms with Crippen molar-refractivity contribution >= 4 is 24.7 Å². The van der Waals surface area contributed by atoms with Crippen molar-refractivity contribution in [1.29, 1.82) is 0 Å². The van der Waals surface area contributed by atoms with Gasteiger partial charge >= 0.3 is 0 Å². The first-order valence-corrected chi connectivity index (χ1v) is 3.70. The third-order valence-electron chi connectivity index (χ3n) is 1.33. The Balaban J connectivity index is 2.74. The second kappa shape index (κ2) is 4.87. The summed E-state index contributed by atoms with van der Waals surface area (Å²) in [5.41, 5.74) is 0. The van der Waals surface area contributed by atoms with Gasteiger partial charge in [-0.15, -0.1) is 0 Å². The number of allylic oxidation sites excluding steroid dienone is 2. The van der Waals surface area contributed by atoms with E-state index in [1.54, 1.807) is 24.3 Å². The van der Waals surface area contributed by atoms with Gasteiger partial charge in [-0.3, -0.25) is 9.59 Å². The summed E-state index contributed by atoms with van der Waals surface area (Å²) >= 11 is 0. The summed E-state index contributed by atoms with van der Waals surface area (Å²) in [5.74, 6) is 1.16. The van der Waals surface area contributed by atoms with Crippen LogP contribution in [0.25, 0.3) is 12.2 Å². The van der Waals surface area contributed by atoms with Gasteiger partial charge in [0.05, 0.1) is 0 Å². The van der Waals surface area contributed by atoms with Crippen LogP contribution in [0.2, 0.25) is 0 Å². The highest BCUT2D eigenvalue weighted by atomic mass is 16.3. The van der Waals surface area contributed by atoms with Crippen molar-refractivity contribution < 1.29 is 14.0 Å². The van der Waals surface area contributed by atoms with Gasteiger partial charge in [-0.2, -0.15) is 0 Å². The Bertz CT molecular complexity index is 312. The summed E-state index contributed by atoms with van der Waals surface area (Å²) in [7, 11) is 0. The van der Waals surface area contributed by atoms with Crippen LogP contribution in [0.4, 0.5) is 0 Å². The third kappa shape index (κ3) is 2.91. The predicted molar refractivity (Wildman–Crippen MR) is 48.9 cm³/mol. The number of carbonyl (C=O) groups excluding carboxylic acids is 2. The normalized spacial score (nSPS) is 11.1. The van der Waals surface area contributed by atoms with Crippen LogP contribution in [0, 0.1) is 0 Å². The molecule has 0 aromatic carbocycles. The summed E-state index contributed by atoms with van der Waals surface area (Å²) < 4.78 is 5.20. The fourth-order valence-corrected chi connectivity index (χ4v) is 0.816. The van der Waals surface area contributed by atoms with Crippen molar-refractivity contribution in [3.63, 3.8) is 0 Å². The zero-order valence-electron chi connectivity index (χ0n) is 6.84. The topological polar surface area (TPSA) is 47.3 Å². The number of rotatable bonds is 4. The Morgan fingerprint density at radius 2 is 1.38 bits per heavy atom. The molecule has 0 amide bonds. The largest absolute Gasteiger partial charge is 0.457 e. The smallest absolute Gasteiger partial charge is 0.142 e. The van der Waals surface area contributed by atoms with Crippen molar-refractivity contribution in [2.24, 2.45) is 0 Å². The van der Waals surface area contributed by atoms with E-state index in [1.807, 2.05) is 0 Å². The minimum absolute atomic E-state index is 0.581. The molecular formula is C10H8O3. The van der Waals surface area contributed by atoms with Crippen molar-refractivity contribution in [1.82, 2.24) is 0 Å². The molecule has 1 rings (SSSR count). The van der Waals surface area contributed by atoms with Crippen molar-refractivity contribution in [2.75, 3.05) is 0 Å². The zero-order valence-corrected chi connectivity index (χ0v) is 6.84. The van der Waals surface area contributed by atoms with Crippen LogP contribution in [-0.4, -0.2) is 12.6 Å². The monoisotopic (exact) mass is 176 g/mol. The average Bonchev–Trinajstić information content (AvgIpc) is 2.59. The number of carbonyl (C=O) groups is 2. The van der Waals surface area contributed by atoms with Crippen LogP contribution < -0.4 is 0 Å². The molecule has 0 spiro atoms. The molecule has 3 heteroatoms. The third-order valence-corrected chi connectivity index (χ3v) is 1.33. The van der Waals surface area contributed by atoms with E-state index in [2.05, 4.69) is 0 Å². The van der Waals surface area contributed by atoms with Crippen molar-refractivity contribution in [3.05, 3.63) is 35.8 Å². The second-order valence-corrected chi connectivity index (χ2v) is 2.23. The van der Waals surface area contributed by atoms with Crippen molar-refractivity contribution in [3.8, 4) is 0 Å². The maximum Gasteiger partial charge on any atom is 0.142 e. The first-order chi connectivity index (χ1) is 6.36. The predicted octanol–water partition coefficient (Wildman–Crippen LogP) is 1.70. The van der Waals surface area contributed by atoms with Gasteiger partial charge in [0.25, 0.3) is 0 Å². The summed E-state index contributed by atoms with van der Waals surface area (Å²) in [6.45, 7) is 0. The van der Waals surface area contributed by atoms with Crippen LogP contribution in [0.1, 0.15) is 11.5 Å². The summed E-state index contributed by atoms with van der Waals surface area (Å²) in [6, 6.07) is 3.43. The van der Waals surface area contributed by atoms with E-state index >= 15 is 0 Å². The lowest BCUT2D eigenvalue weighted by Crippen LogP contribution is -1.64. The summed E-state index contributed by atoms with van der Waals surface area (Å²) in [6.07, 6.45) is 7.11. The molecule has 0 aliphatic rings. The van der Waals surface area contributed by atoms with Crippen molar-refractivity contribution in [2.45, 2.75) is 0 Å². The fraction of sp³-hybridized carbons (Fsp3) is 0. The number of furan rings is 1. The van der Waals surface area contributed by atoms with Gasteiger partial charge in [0.1, 0.15) is 24.1 Å². The number of hydrogen-bond acceptors (Lipinski definition) is 3. The van der Waals surface area contributed by atoms with E-state index in [-0.39, 0.29) is 0 Å². The average molecular weight is 176 g/mol. The van der Waals surface area contributed by atoms with Gasteiger partial charge in [0.2, 0.25) is 0 Å². The quantitative estimate of drug-likeness (QED) is 0.518. The van der Waals surface area contributed by atoms with Gasteiger partial charge in [0.15, 0.2) is 0 Å². The maximum absolute atomic E-state index is 9.97. The lowest BCUT2D eigenvalue weighted by atomic mass is 10.4. The van der Waals surface area contributed by atoms with E-state index in [9.17, 15) is 9.59 Å². The van der Waals surface area contributed by atoms with Crippen LogP contribution >= 0.6 is 0 Å². The van der Waals surface area contributed by atoms with Gasteiger partial charge in [-0.25, -0.2) is 0 Å². The number of hydrogen-bond donors (Lipinski definition) is 0. The summed E-state index contributed by atoms with van der Waals surface area (Å²) in [4.78, 5) is 19.9. The molecule has 3 nitrogen and oxygen atoms in total. The molecule has 0 radical (unpaired) electrons. The van der Waals surface area contributed by atoms with E-state index in [1.165, 1.54) is 12.2 Å². The second-order valence-electron chi connectivity index (χ2n) is 2.23. The molecule has 1 aromatic heterocycles. The lowest BCUT2D eigenvalue weighted by Gasteiger charge is -1.82. The zero-order chi connectivity index (χ0) is 9.52. The molecule has 1 heterocycles. The molecule has 0 fully saturated rings. The molecule has 0 aliphatic carbocycles. The minimum atomic E-state index is 0.581. The Hall–Kier alpha value is -1.90. The SMILES string of the molecule is O=CC=Cc1ccc(C=CC=O)o1. The minimum Gasteiger partial charge on any atom is -0.457 e. The molecule has 0 saturated carbocycles. The van der Waals surface area contributed by atoms with E-state index in [4.69, 9.17) is 4.42 Å². The standard InChI is InChI=1S/C10H8O3/c11-7-1-3-9-5-6-10(13-9)4-2-8-12/h1-8H. The Kier molecular flexibility index (Phi) is 3.45. The molecular weight excluding hydrogens is 168 g/mol. The first-order valence-electron chi connectivity index (χ1n) is 3.70. The highest BCUT2D eigenvalue weighted by Crippen LogP contribution is 2.10. The Morgan fingerprint density at radius 3 is 1.77 bits per heavy atom. The van der Waals surface area contributed by atoms with Gasteiger partial charge in [-0.05, 0) is 36.4 Å². The Morgan fingerprint density at radius 1 is 0.923 bits per heavy atom. The molecule has 13 heavy (non-hydrogen) atoms. The van der Waals surface area contributed by atoms with Crippen LogP contribution in [0.3, 0.4) is 0 Å². The van der Waals surface area contributed by atoms with E-state index in [0.717, 1.165) is 0 Å². The fourth-order valence-electron chi connectivity index (χ4n) is 0.816. The molecule has 0 aliphatic heterocycles. The molecule has 0 N–H and O–H groups in total.